The number of nitrogens with zero attached hydrogens (tertiary/aromatic N) is 4. The van der Waals surface area contributed by atoms with Crippen LogP contribution in [0, 0.1) is 61.6 Å². The highest BCUT2D eigenvalue weighted by Crippen LogP contribution is 2.78. The van der Waals surface area contributed by atoms with E-state index in [1.54, 1.807) is 0 Å². The topological polar surface area (TPSA) is 148 Å². The maximum Gasteiger partial charge on any atom is 0.329 e. The highest BCUT2D eigenvalue weighted by Gasteiger charge is 3.00. The minimum atomic E-state index is -2.57. The molecule has 0 bridgehead atoms. The molecule has 0 heterocycles. The number of hydrogen-bond donors (Lipinski definition) is 0. The van der Waals surface area contributed by atoms with Gasteiger partial charge < -0.3 is 9.47 Å². The number of carbonyl (C=O) groups excluding carboxylic acids is 2. The Labute approximate surface area is 108 Å². The minimum absolute atomic E-state index is 0.907. The Kier molecular flexibility index (Phi) is 2.92. The van der Waals surface area contributed by atoms with Crippen LogP contribution in [0.2, 0.25) is 0 Å². The summed E-state index contributed by atoms with van der Waals surface area (Å²) in [5.41, 5.74) is -7.48. The van der Waals surface area contributed by atoms with Gasteiger partial charge in [-0.05, 0) is 0 Å². The third-order valence-electron chi connectivity index (χ3n) is 3.28. The van der Waals surface area contributed by atoms with Gasteiger partial charge >= 0.3 is 11.9 Å². The Morgan fingerprint density at radius 3 is 1.21 bits per heavy atom. The maximum atomic E-state index is 11.8. The van der Waals surface area contributed by atoms with Gasteiger partial charge in [0.1, 0.15) is 0 Å². The molecule has 1 fully saturated rings. The third-order valence-corrected chi connectivity index (χ3v) is 3.28. The summed E-state index contributed by atoms with van der Waals surface area (Å²) in [7, 11) is 1.81. The lowest BCUT2D eigenvalue weighted by molar-refractivity contribution is -0.163. The predicted octanol–water partition coefficient (Wildman–Crippen LogP) is -0.600. The molecule has 1 rings (SSSR count). The SMILES string of the molecule is COC(=O)C1(C(=O)OC)C(C#N)(C#N)C1(C#N)C#N. The molecule has 1 aliphatic carbocycles. The molecule has 94 valence electrons. The van der Waals surface area contributed by atoms with E-state index in [1.165, 1.54) is 24.3 Å². The van der Waals surface area contributed by atoms with Crippen LogP contribution in [0.5, 0.6) is 0 Å². The van der Waals surface area contributed by atoms with E-state index >= 15 is 0 Å². The number of methoxy groups -OCH3 is 2. The van der Waals surface area contributed by atoms with E-state index in [-0.39, 0.29) is 0 Å². The van der Waals surface area contributed by atoms with E-state index in [0.29, 0.717) is 0 Å². The Bertz CT molecular complexity index is 541. The largest absolute Gasteiger partial charge is 0.468 e. The van der Waals surface area contributed by atoms with Crippen molar-refractivity contribution in [1.29, 1.82) is 21.0 Å². The average molecular weight is 258 g/mol. The molecule has 0 amide bonds. The summed E-state index contributed by atoms with van der Waals surface area (Å²) in [5.74, 6) is -2.66. The maximum absolute atomic E-state index is 11.8. The summed E-state index contributed by atoms with van der Waals surface area (Å²) in [6, 6.07) is 5.63. The Morgan fingerprint density at radius 1 is 0.789 bits per heavy atom. The lowest BCUT2D eigenvalue weighted by atomic mass is 9.94. The second kappa shape index (κ2) is 3.98. The number of carbonyl (C=O) groups is 2. The normalized spacial score (nSPS) is 19.5. The fourth-order valence-corrected chi connectivity index (χ4v) is 2.29. The van der Waals surface area contributed by atoms with Gasteiger partial charge in [-0.15, -0.1) is 0 Å². The van der Waals surface area contributed by atoms with Crippen molar-refractivity contribution in [3.05, 3.63) is 0 Å². The van der Waals surface area contributed by atoms with Crippen LogP contribution in [0.25, 0.3) is 0 Å². The number of hydrogen-bond acceptors (Lipinski definition) is 8. The average Bonchev–Trinajstić information content (AvgIpc) is 3.03. The van der Waals surface area contributed by atoms with Crippen LogP contribution in [-0.4, -0.2) is 26.2 Å². The Morgan fingerprint density at radius 2 is 1.05 bits per heavy atom. The second-order valence-corrected chi connectivity index (χ2v) is 3.68. The van der Waals surface area contributed by atoms with Gasteiger partial charge in [-0.25, -0.2) is 0 Å². The van der Waals surface area contributed by atoms with Crippen LogP contribution in [0.15, 0.2) is 0 Å². The zero-order chi connectivity index (χ0) is 14.9. The van der Waals surface area contributed by atoms with E-state index < -0.39 is 28.2 Å². The summed E-state index contributed by atoms with van der Waals surface area (Å²) < 4.78 is 8.75. The summed E-state index contributed by atoms with van der Waals surface area (Å²) in [5, 5.41) is 36.4. The van der Waals surface area contributed by atoms with Crippen molar-refractivity contribution in [2.24, 2.45) is 16.2 Å². The molecule has 0 unspecified atom stereocenters. The molecular formula is C11H6N4O4. The van der Waals surface area contributed by atoms with Gasteiger partial charge in [-0.1, -0.05) is 0 Å². The molecule has 0 aromatic heterocycles. The molecular weight excluding hydrogens is 252 g/mol. The fraction of sp³-hybridized carbons (Fsp3) is 0.455. The van der Waals surface area contributed by atoms with Crippen LogP contribution in [0.1, 0.15) is 0 Å². The zero-order valence-electron chi connectivity index (χ0n) is 9.92. The molecule has 0 spiro atoms. The van der Waals surface area contributed by atoms with Gasteiger partial charge in [0.25, 0.3) is 0 Å². The monoisotopic (exact) mass is 258 g/mol. The second-order valence-electron chi connectivity index (χ2n) is 3.68. The minimum Gasteiger partial charge on any atom is -0.468 e. The third kappa shape index (κ3) is 0.996. The van der Waals surface area contributed by atoms with Gasteiger partial charge in [0.05, 0.1) is 38.5 Å². The van der Waals surface area contributed by atoms with Gasteiger partial charge in [0, 0.05) is 0 Å². The number of rotatable bonds is 2. The van der Waals surface area contributed by atoms with Gasteiger partial charge in [-0.2, -0.15) is 21.0 Å². The summed E-state index contributed by atoms with van der Waals surface area (Å²) in [4.78, 5) is 23.7. The molecule has 0 aliphatic heterocycles. The molecule has 0 atom stereocenters. The summed E-state index contributed by atoms with van der Waals surface area (Å²) in [6.07, 6.45) is 0. The van der Waals surface area contributed by atoms with Crippen molar-refractivity contribution in [2.75, 3.05) is 14.2 Å². The standard InChI is InChI=1S/C11H6N4O4/c1-18-7(16)11(8(17)19-2)9(3-12,4-13)10(11,5-14)6-15/h1-2H3. The molecule has 0 radical (unpaired) electrons. The molecule has 1 saturated carbocycles. The van der Waals surface area contributed by atoms with Crippen LogP contribution in [-0.2, 0) is 19.1 Å². The molecule has 19 heavy (non-hydrogen) atoms. The van der Waals surface area contributed by atoms with Crippen molar-refractivity contribution in [1.82, 2.24) is 0 Å². The highest BCUT2D eigenvalue weighted by molar-refractivity contribution is 6.10. The first-order valence-electron chi connectivity index (χ1n) is 4.78. The van der Waals surface area contributed by atoms with Crippen LogP contribution in [0.4, 0.5) is 0 Å². The van der Waals surface area contributed by atoms with Crippen LogP contribution >= 0.6 is 0 Å². The van der Waals surface area contributed by atoms with E-state index in [9.17, 15) is 9.59 Å². The number of nitriles is 4. The number of esters is 2. The van der Waals surface area contributed by atoms with Gasteiger partial charge in [0.15, 0.2) is 0 Å². The molecule has 1 aliphatic rings. The first-order valence-corrected chi connectivity index (χ1v) is 4.78. The predicted molar refractivity (Wildman–Crippen MR) is 53.8 cm³/mol. The molecule has 0 saturated heterocycles. The fourth-order valence-electron chi connectivity index (χ4n) is 2.29. The molecule has 0 aromatic rings. The Hall–Kier alpha value is -3.10. The first kappa shape index (κ1) is 14.0. The zero-order valence-corrected chi connectivity index (χ0v) is 9.92. The van der Waals surface area contributed by atoms with E-state index in [1.807, 2.05) is 0 Å². The molecule has 0 aromatic carbocycles. The molecule has 8 nitrogen and oxygen atoms in total. The van der Waals surface area contributed by atoms with Crippen molar-refractivity contribution in [3.63, 3.8) is 0 Å². The van der Waals surface area contributed by atoms with Crippen LogP contribution in [0.3, 0.4) is 0 Å². The van der Waals surface area contributed by atoms with Crippen molar-refractivity contribution < 1.29 is 19.1 Å². The van der Waals surface area contributed by atoms with E-state index in [4.69, 9.17) is 21.0 Å². The highest BCUT2D eigenvalue weighted by atomic mass is 16.5. The first-order chi connectivity index (χ1) is 8.96. The molecule has 8 heteroatoms. The van der Waals surface area contributed by atoms with Crippen molar-refractivity contribution in [3.8, 4) is 24.3 Å². The Balaban J connectivity index is 3.80. The lowest BCUT2D eigenvalue weighted by Gasteiger charge is -2.11. The van der Waals surface area contributed by atoms with Gasteiger partial charge in [0.2, 0.25) is 16.2 Å². The quantitative estimate of drug-likeness (QED) is 0.470. The van der Waals surface area contributed by atoms with E-state index in [0.717, 1.165) is 14.2 Å². The summed E-state index contributed by atoms with van der Waals surface area (Å²) >= 11 is 0. The van der Waals surface area contributed by atoms with E-state index in [2.05, 4.69) is 9.47 Å². The molecule has 0 N–H and O–H groups in total. The number of ether oxygens (including phenoxy) is 2. The summed E-state index contributed by atoms with van der Waals surface area (Å²) in [6.45, 7) is 0. The lowest BCUT2D eigenvalue weighted by Crippen LogP contribution is -2.35. The smallest absolute Gasteiger partial charge is 0.329 e. The van der Waals surface area contributed by atoms with Crippen molar-refractivity contribution >= 4 is 11.9 Å². The van der Waals surface area contributed by atoms with Crippen LogP contribution < -0.4 is 0 Å². The van der Waals surface area contributed by atoms with Gasteiger partial charge in [-0.3, -0.25) is 9.59 Å². The van der Waals surface area contributed by atoms with Crippen molar-refractivity contribution in [2.45, 2.75) is 0 Å².